The van der Waals surface area contributed by atoms with Gasteiger partial charge in [0.25, 0.3) is 11.8 Å². The number of carbonyl (C=O) groups is 4. The molecule has 0 radical (unpaired) electrons. The van der Waals surface area contributed by atoms with Crippen LogP contribution in [0.4, 0.5) is 23.1 Å². The molecule has 1 saturated carbocycles. The maximum Gasteiger partial charge on any atom is 0.270 e. The van der Waals surface area contributed by atoms with Crippen LogP contribution in [-0.2, 0) is 16.1 Å². The minimum absolute atomic E-state index is 0.0264. The fraction of sp³-hybridized carbons (Fsp3) is 0.462. The van der Waals surface area contributed by atoms with E-state index in [2.05, 4.69) is 42.1 Å². The van der Waals surface area contributed by atoms with Gasteiger partial charge in [-0.1, -0.05) is 12.8 Å². The highest BCUT2D eigenvalue weighted by molar-refractivity contribution is 6.05. The van der Waals surface area contributed by atoms with Gasteiger partial charge in [-0.25, -0.2) is 9.97 Å². The molecule has 5 aliphatic rings. The summed E-state index contributed by atoms with van der Waals surface area (Å²) in [4.78, 5) is 73.0. The third kappa shape index (κ3) is 5.75. The number of amides is 4. The molecule has 2 atom stereocenters. The van der Waals surface area contributed by atoms with E-state index in [1.165, 1.54) is 0 Å². The molecule has 4 amide bonds. The number of anilines is 4. The van der Waals surface area contributed by atoms with E-state index in [1.807, 2.05) is 30.5 Å². The largest absolute Gasteiger partial charge is 0.368 e. The minimum atomic E-state index is -0.619. The molecule has 1 spiro atoms. The Morgan fingerprint density at radius 3 is 2.55 bits per heavy atom. The van der Waals surface area contributed by atoms with Crippen molar-refractivity contribution in [1.29, 1.82) is 0 Å². The Hall–Kier alpha value is -5.53. The van der Waals surface area contributed by atoms with Crippen LogP contribution in [-0.4, -0.2) is 98.3 Å². The molecule has 3 saturated heterocycles. The van der Waals surface area contributed by atoms with Crippen LogP contribution in [0.1, 0.15) is 90.2 Å². The monoisotopic (exact) mass is 716 g/mol. The molecular weight excluding hydrogens is 672 g/mol. The van der Waals surface area contributed by atoms with Gasteiger partial charge in [-0.15, -0.1) is 0 Å². The van der Waals surface area contributed by atoms with Crippen molar-refractivity contribution in [3.05, 3.63) is 65.6 Å². The lowest BCUT2D eigenvalue weighted by molar-refractivity contribution is -0.136. The molecule has 4 fully saturated rings. The number of pyridine rings is 1. The average molecular weight is 717 g/mol. The van der Waals surface area contributed by atoms with Crippen molar-refractivity contribution < 1.29 is 19.2 Å². The van der Waals surface area contributed by atoms with Gasteiger partial charge in [-0.2, -0.15) is 4.98 Å². The maximum atomic E-state index is 13.3. The lowest BCUT2D eigenvalue weighted by atomic mass is 9.94. The van der Waals surface area contributed by atoms with E-state index in [-0.39, 0.29) is 35.7 Å². The SMILES string of the molecule is CN(C)C(=O)c1cc2cnc(Nc3ccc(N4CCC5(CCCN5c5ccc6c(c5)CN([C@@H]5CCC(=O)NC5=O)C6=O)C4)cn3)nc2n1C1CCCC1. The van der Waals surface area contributed by atoms with Crippen LogP contribution in [0.3, 0.4) is 0 Å². The first-order valence-corrected chi connectivity index (χ1v) is 18.8. The third-order valence-electron chi connectivity index (χ3n) is 12.0. The van der Waals surface area contributed by atoms with Gasteiger partial charge in [0.1, 0.15) is 23.2 Å². The number of nitrogens with zero attached hydrogens (tertiary/aromatic N) is 8. The van der Waals surface area contributed by atoms with Crippen LogP contribution < -0.4 is 20.4 Å². The number of carbonyl (C=O) groups excluding carboxylic acids is 4. The van der Waals surface area contributed by atoms with E-state index in [1.54, 1.807) is 30.1 Å². The number of aromatic nitrogens is 4. The standard InChI is InChI=1S/C39H44N10O4/c1-45(2)37(53)31-19-24-20-41-38(44-34(24)49(31)26-6-3-4-7-26)42-32-12-9-28(21-40-32)46-17-15-39(23-46)14-5-16-48(39)27-8-10-29-25(18-27)22-47(36(29)52)30-11-13-33(50)43-35(30)51/h8-10,12,18-21,26,30H,3-7,11,13-17,22-23H2,1-2H3,(H,43,50,51)(H,40,41,42,44)/t30-,39?/m1/s1. The molecule has 1 unspecified atom stereocenters. The zero-order valence-corrected chi connectivity index (χ0v) is 30.2. The van der Waals surface area contributed by atoms with E-state index in [4.69, 9.17) is 9.97 Å². The summed E-state index contributed by atoms with van der Waals surface area (Å²) in [5, 5.41) is 6.53. The average Bonchev–Trinajstić information content (AvgIpc) is 4.00. The highest BCUT2D eigenvalue weighted by atomic mass is 16.2. The lowest BCUT2D eigenvalue weighted by Gasteiger charge is -2.37. The molecule has 53 heavy (non-hydrogen) atoms. The zero-order chi connectivity index (χ0) is 36.4. The normalized spacial score (nSPS) is 23.1. The summed E-state index contributed by atoms with van der Waals surface area (Å²) >= 11 is 0. The molecule has 0 bridgehead atoms. The summed E-state index contributed by atoms with van der Waals surface area (Å²) in [5.74, 6) is 0.232. The van der Waals surface area contributed by atoms with Gasteiger partial charge >= 0.3 is 0 Å². The Morgan fingerprint density at radius 2 is 1.77 bits per heavy atom. The van der Waals surface area contributed by atoms with Crippen molar-refractivity contribution in [2.45, 2.75) is 82.0 Å². The molecule has 3 aromatic heterocycles. The third-order valence-corrected chi connectivity index (χ3v) is 12.0. The molecule has 7 heterocycles. The van der Waals surface area contributed by atoms with Gasteiger partial charge in [-0.3, -0.25) is 24.5 Å². The summed E-state index contributed by atoms with van der Waals surface area (Å²) in [5.41, 5.74) is 5.11. The van der Waals surface area contributed by atoms with E-state index < -0.39 is 11.9 Å². The molecule has 14 nitrogen and oxygen atoms in total. The van der Waals surface area contributed by atoms with Crippen molar-refractivity contribution in [3.63, 3.8) is 0 Å². The fourth-order valence-electron chi connectivity index (χ4n) is 9.33. The van der Waals surface area contributed by atoms with Gasteiger partial charge in [0.2, 0.25) is 17.8 Å². The lowest BCUT2D eigenvalue weighted by Crippen LogP contribution is -2.52. The van der Waals surface area contributed by atoms with Crippen molar-refractivity contribution in [1.82, 2.24) is 34.6 Å². The molecule has 4 aromatic rings. The number of imide groups is 1. The van der Waals surface area contributed by atoms with Crippen LogP contribution in [0, 0.1) is 0 Å². The number of hydrogen-bond donors (Lipinski definition) is 2. The van der Waals surface area contributed by atoms with E-state index in [0.29, 0.717) is 36.0 Å². The summed E-state index contributed by atoms with van der Waals surface area (Å²) in [6.07, 6.45) is 11.8. The van der Waals surface area contributed by atoms with E-state index >= 15 is 0 Å². The van der Waals surface area contributed by atoms with Gasteiger partial charge in [0, 0.05) is 75.6 Å². The summed E-state index contributed by atoms with van der Waals surface area (Å²) in [6, 6.07) is 11.7. The van der Waals surface area contributed by atoms with Gasteiger partial charge < -0.3 is 29.5 Å². The first kappa shape index (κ1) is 33.3. The van der Waals surface area contributed by atoms with Crippen LogP contribution in [0.15, 0.2) is 48.8 Å². The second-order valence-corrected chi connectivity index (χ2v) is 15.4. The summed E-state index contributed by atoms with van der Waals surface area (Å²) in [7, 11) is 3.55. The van der Waals surface area contributed by atoms with E-state index in [9.17, 15) is 19.2 Å². The Balaban J connectivity index is 0.893. The highest BCUT2D eigenvalue weighted by Gasteiger charge is 2.47. The smallest absolute Gasteiger partial charge is 0.270 e. The number of benzene rings is 1. The minimum Gasteiger partial charge on any atom is -0.368 e. The molecule has 1 aromatic carbocycles. The molecular formula is C39H44N10O4. The first-order chi connectivity index (χ1) is 25.7. The molecule has 4 aliphatic heterocycles. The highest BCUT2D eigenvalue weighted by Crippen LogP contribution is 2.43. The predicted molar refractivity (Wildman–Crippen MR) is 199 cm³/mol. The number of nitrogens with one attached hydrogen (secondary N) is 2. The van der Waals surface area contributed by atoms with Crippen LogP contribution in [0.5, 0.6) is 0 Å². The number of piperidine rings is 1. The number of hydrogen-bond acceptors (Lipinski definition) is 10. The van der Waals surface area contributed by atoms with Crippen molar-refractivity contribution in [2.24, 2.45) is 0 Å². The number of fused-ring (bicyclic) bond motifs is 2. The van der Waals surface area contributed by atoms with Gasteiger partial charge in [-0.05, 0) is 80.5 Å². The molecule has 2 N–H and O–H groups in total. The molecule has 274 valence electrons. The molecule has 9 rings (SSSR count). The first-order valence-electron chi connectivity index (χ1n) is 18.8. The Bertz CT molecular complexity index is 2140. The van der Waals surface area contributed by atoms with Crippen LogP contribution >= 0.6 is 0 Å². The fourth-order valence-corrected chi connectivity index (χ4v) is 9.33. The van der Waals surface area contributed by atoms with Crippen molar-refractivity contribution in [2.75, 3.05) is 48.8 Å². The predicted octanol–water partition coefficient (Wildman–Crippen LogP) is 4.40. The van der Waals surface area contributed by atoms with Crippen molar-refractivity contribution in [3.8, 4) is 0 Å². The maximum absolute atomic E-state index is 13.3. The Morgan fingerprint density at radius 1 is 0.943 bits per heavy atom. The quantitative estimate of drug-likeness (QED) is 0.264. The summed E-state index contributed by atoms with van der Waals surface area (Å²) in [6.45, 7) is 3.09. The second kappa shape index (κ2) is 12.8. The van der Waals surface area contributed by atoms with Gasteiger partial charge in [0.15, 0.2) is 0 Å². The molecule has 1 aliphatic carbocycles. The van der Waals surface area contributed by atoms with Crippen molar-refractivity contribution >= 4 is 57.8 Å². The van der Waals surface area contributed by atoms with E-state index in [0.717, 1.165) is 92.6 Å². The topological polar surface area (TPSA) is 149 Å². The van der Waals surface area contributed by atoms with Crippen LogP contribution in [0.2, 0.25) is 0 Å². The number of rotatable bonds is 7. The van der Waals surface area contributed by atoms with Gasteiger partial charge in [0.05, 0.1) is 17.4 Å². The zero-order valence-electron chi connectivity index (χ0n) is 30.2. The Kier molecular flexibility index (Phi) is 8.08. The molecule has 14 heteroatoms. The Labute approximate surface area is 307 Å². The summed E-state index contributed by atoms with van der Waals surface area (Å²) < 4.78 is 2.11. The second-order valence-electron chi connectivity index (χ2n) is 15.4. The van der Waals surface area contributed by atoms with Crippen LogP contribution in [0.25, 0.3) is 11.0 Å².